The Labute approximate surface area is 96.2 Å². The molecule has 5 heteroatoms. The second-order valence-electron chi connectivity index (χ2n) is 4.11. The maximum absolute atomic E-state index is 4.42. The van der Waals surface area contributed by atoms with E-state index in [0.29, 0.717) is 0 Å². The minimum atomic E-state index is 0.806. The van der Waals surface area contributed by atoms with Crippen molar-refractivity contribution in [3.63, 3.8) is 0 Å². The van der Waals surface area contributed by atoms with Crippen molar-refractivity contribution >= 4 is 5.96 Å². The van der Waals surface area contributed by atoms with Crippen LogP contribution in [-0.2, 0) is 20.0 Å². The molecule has 0 aliphatic carbocycles. The maximum Gasteiger partial charge on any atom is 0.194 e. The SMILES string of the molecule is CCc1nn(C)cc1CNC1=NCCN1C. The highest BCUT2D eigenvalue weighted by molar-refractivity contribution is 5.81. The van der Waals surface area contributed by atoms with Gasteiger partial charge in [-0.25, -0.2) is 0 Å². The molecule has 0 atom stereocenters. The number of guanidine groups is 1. The van der Waals surface area contributed by atoms with Gasteiger partial charge in [-0.05, 0) is 6.42 Å². The van der Waals surface area contributed by atoms with Crippen LogP contribution in [0.3, 0.4) is 0 Å². The molecule has 0 saturated carbocycles. The Morgan fingerprint density at radius 1 is 1.44 bits per heavy atom. The Hall–Kier alpha value is -1.52. The third-order valence-electron chi connectivity index (χ3n) is 2.82. The van der Waals surface area contributed by atoms with E-state index in [2.05, 4.69) is 40.5 Å². The Morgan fingerprint density at radius 3 is 2.88 bits per heavy atom. The number of aliphatic imine (C=N–C) groups is 1. The van der Waals surface area contributed by atoms with Crippen LogP contribution >= 0.6 is 0 Å². The average Bonchev–Trinajstić information content (AvgIpc) is 2.81. The van der Waals surface area contributed by atoms with Gasteiger partial charge in [0.2, 0.25) is 0 Å². The zero-order valence-electron chi connectivity index (χ0n) is 10.2. The standard InChI is InChI=1S/C11H19N5/c1-4-10-9(8-16(3)14-10)7-13-11-12-5-6-15(11)2/h8H,4-7H2,1-3H3,(H,12,13). The first-order chi connectivity index (χ1) is 7.70. The highest BCUT2D eigenvalue weighted by atomic mass is 15.3. The lowest BCUT2D eigenvalue weighted by Gasteiger charge is -2.14. The van der Waals surface area contributed by atoms with Gasteiger partial charge in [-0.1, -0.05) is 6.92 Å². The van der Waals surface area contributed by atoms with Crippen molar-refractivity contribution in [3.05, 3.63) is 17.5 Å². The van der Waals surface area contributed by atoms with Crippen molar-refractivity contribution in [2.45, 2.75) is 19.9 Å². The molecule has 2 rings (SSSR count). The molecule has 0 saturated heterocycles. The second-order valence-corrected chi connectivity index (χ2v) is 4.11. The smallest absolute Gasteiger partial charge is 0.194 e. The number of hydrogen-bond donors (Lipinski definition) is 1. The fraction of sp³-hybridized carbons (Fsp3) is 0.636. The number of likely N-dealkylation sites (N-methyl/N-ethyl adjacent to an activating group) is 1. The zero-order chi connectivity index (χ0) is 11.5. The minimum absolute atomic E-state index is 0.806. The summed E-state index contributed by atoms with van der Waals surface area (Å²) in [6, 6.07) is 0. The van der Waals surface area contributed by atoms with Crippen LogP contribution in [0.2, 0.25) is 0 Å². The molecule has 0 radical (unpaired) electrons. The topological polar surface area (TPSA) is 45.5 Å². The summed E-state index contributed by atoms with van der Waals surface area (Å²) in [6.07, 6.45) is 3.04. The van der Waals surface area contributed by atoms with Gasteiger partial charge in [0.05, 0.1) is 12.2 Å². The first-order valence-corrected chi connectivity index (χ1v) is 5.71. The summed E-state index contributed by atoms with van der Waals surface area (Å²) in [5.41, 5.74) is 2.42. The molecule has 0 bridgehead atoms. The molecule has 88 valence electrons. The summed E-state index contributed by atoms with van der Waals surface area (Å²) in [6.45, 7) is 4.84. The zero-order valence-corrected chi connectivity index (χ0v) is 10.2. The Kier molecular flexibility index (Phi) is 3.12. The van der Waals surface area contributed by atoms with Gasteiger partial charge in [0, 0.05) is 38.9 Å². The summed E-state index contributed by atoms with van der Waals surface area (Å²) < 4.78 is 1.87. The largest absolute Gasteiger partial charge is 0.352 e. The lowest BCUT2D eigenvalue weighted by molar-refractivity contribution is 0.533. The molecule has 1 aromatic rings. The molecule has 1 aliphatic heterocycles. The first kappa shape index (κ1) is 11.0. The molecule has 16 heavy (non-hydrogen) atoms. The maximum atomic E-state index is 4.42. The van der Waals surface area contributed by atoms with Crippen LogP contribution in [0.25, 0.3) is 0 Å². The molecule has 1 aliphatic rings. The third-order valence-corrected chi connectivity index (χ3v) is 2.82. The van der Waals surface area contributed by atoms with E-state index in [9.17, 15) is 0 Å². The molecule has 2 heterocycles. The summed E-state index contributed by atoms with van der Waals surface area (Å²) in [5, 5.41) is 7.77. The van der Waals surface area contributed by atoms with E-state index in [1.54, 1.807) is 0 Å². The van der Waals surface area contributed by atoms with Gasteiger partial charge in [0.1, 0.15) is 0 Å². The summed E-state index contributed by atoms with van der Waals surface area (Å²) in [7, 11) is 4.02. The van der Waals surface area contributed by atoms with E-state index in [1.165, 1.54) is 5.56 Å². The van der Waals surface area contributed by atoms with Crippen molar-refractivity contribution in [2.75, 3.05) is 20.1 Å². The van der Waals surface area contributed by atoms with Crippen LogP contribution in [0.4, 0.5) is 0 Å². The highest BCUT2D eigenvalue weighted by Gasteiger charge is 2.13. The average molecular weight is 221 g/mol. The van der Waals surface area contributed by atoms with E-state index in [0.717, 1.165) is 37.7 Å². The first-order valence-electron chi connectivity index (χ1n) is 5.71. The van der Waals surface area contributed by atoms with Crippen molar-refractivity contribution in [2.24, 2.45) is 12.0 Å². The van der Waals surface area contributed by atoms with Gasteiger partial charge >= 0.3 is 0 Å². The van der Waals surface area contributed by atoms with E-state index >= 15 is 0 Å². The minimum Gasteiger partial charge on any atom is -0.352 e. The molecule has 1 aromatic heterocycles. The molecular formula is C11H19N5. The van der Waals surface area contributed by atoms with Gasteiger partial charge in [-0.2, -0.15) is 5.10 Å². The van der Waals surface area contributed by atoms with Gasteiger partial charge < -0.3 is 10.2 Å². The van der Waals surface area contributed by atoms with E-state index in [-0.39, 0.29) is 0 Å². The van der Waals surface area contributed by atoms with Crippen LogP contribution in [0.15, 0.2) is 11.2 Å². The van der Waals surface area contributed by atoms with E-state index in [1.807, 2.05) is 11.7 Å². The second kappa shape index (κ2) is 4.55. The number of rotatable bonds is 3. The van der Waals surface area contributed by atoms with Crippen molar-refractivity contribution in [1.82, 2.24) is 20.0 Å². The summed E-state index contributed by atoms with van der Waals surface area (Å²) in [5.74, 6) is 0.992. The number of nitrogens with one attached hydrogen (secondary N) is 1. The predicted molar refractivity (Wildman–Crippen MR) is 64.4 cm³/mol. The summed E-state index contributed by atoms with van der Waals surface area (Å²) in [4.78, 5) is 6.54. The predicted octanol–water partition coefficient (Wildman–Crippen LogP) is 0.373. The number of nitrogens with zero attached hydrogens (tertiary/aromatic N) is 4. The van der Waals surface area contributed by atoms with Crippen LogP contribution in [-0.4, -0.2) is 40.8 Å². The van der Waals surface area contributed by atoms with Crippen LogP contribution in [0, 0.1) is 0 Å². The Morgan fingerprint density at radius 2 is 2.25 bits per heavy atom. The quantitative estimate of drug-likeness (QED) is 0.802. The van der Waals surface area contributed by atoms with E-state index in [4.69, 9.17) is 0 Å². The molecule has 1 N–H and O–H groups in total. The van der Waals surface area contributed by atoms with Gasteiger partial charge in [0.15, 0.2) is 5.96 Å². The normalized spacial score (nSPS) is 15.4. The lowest BCUT2D eigenvalue weighted by Crippen LogP contribution is -2.35. The lowest BCUT2D eigenvalue weighted by atomic mass is 10.2. The molecule has 0 amide bonds. The molecule has 0 unspecified atom stereocenters. The third kappa shape index (κ3) is 2.18. The molecule has 5 nitrogen and oxygen atoms in total. The van der Waals surface area contributed by atoms with Gasteiger partial charge in [-0.3, -0.25) is 9.67 Å². The van der Waals surface area contributed by atoms with Crippen molar-refractivity contribution in [3.8, 4) is 0 Å². The number of hydrogen-bond acceptors (Lipinski definition) is 4. The monoisotopic (exact) mass is 221 g/mol. The number of aryl methyl sites for hydroxylation is 2. The van der Waals surface area contributed by atoms with Crippen LogP contribution in [0.1, 0.15) is 18.2 Å². The molecule has 0 fully saturated rings. The van der Waals surface area contributed by atoms with Crippen molar-refractivity contribution < 1.29 is 0 Å². The number of aromatic nitrogens is 2. The highest BCUT2D eigenvalue weighted by Crippen LogP contribution is 2.07. The Balaban J connectivity index is 1.99. The van der Waals surface area contributed by atoms with E-state index < -0.39 is 0 Å². The Bertz CT molecular complexity index is 393. The van der Waals surface area contributed by atoms with Crippen LogP contribution in [0.5, 0.6) is 0 Å². The fourth-order valence-corrected chi connectivity index (χ4v) is 1.93. The van der Waals surface area contributed by atoms with Crippen molar-refractivity contribution in [1.29, 1.82) is 0 Å². The molecular weight excluding hydrogens is 202 g/mol. The molecule has 0 aromatic carbocycles. The molecule has 0 spiro atoms. The fourth-order valence-electron chi connectivity index (χ4n) is 1.93. The van der Waals surface area contributed by atoms with Gasteiger partial charge in [-0.15, -0.1) is 0 Å². The summed E-state index contributed by atoms with van der Waals surface area (Å²) >= 11 is 0. The van der Waals surface area contributed by atoms with Gasteiger partial charge in [0.25, 0.3) is 0 Å². The van der Waals surface area contributed by atoms with Crippen LogP contribution < -0.4 is 5.32 Å².